The van der Waals surface area contributed by atoms with Crippen molar-refractivity contribution in [1.82, 2.24) is 4.90 Å². The lowest BCUT2D eigenvalue weighted by atomic mass is 10.1. The summed E-state index contributed by atoms with van der Waals surface area (Å²) in [6.45, 7) is 1.75. The van der Waals surface area contributed by atoms with Crippen molar-refractivity contribution in [3.05, 3.63) is 47.5 Å². The zero-order valence-electron chi connectivity index (χ0n) is 17.6. The van der Waals surface area contributed by atoms with Gasteiger partial charge in [-0.05, 0) is 48.7 Å². The Morgan fingerprint density at radius 1 is 1.10 bits per heavy atom. The van der Waals surface area contributed by atoms with Crippen LogP contribution in [0.2, 0.25) is 0 Å². The first-order valence-corrected chi connectivity index (χ1v) is 9.65. The van der Waals surface area contributed by atoms with Gasteiger partial charge in [0, 0.05) is 32.3 Å². The minimum absolute atomic E-state index is 0. The molecule has 0 bridgehead atoms. The van der Waals surface area contributed by atoms with E-state index in [0.29, 0.717) is 41.7 Å². The monoisotopic (exact) mass is 436 g/mol. The van der Waals surface area contributed by atoms with Crippen molar-refractivity contribution >= 4 is 18.3 Å². The fourth-order valence-electron chi connectivity index (χ4n) is 3.32. The van der Waals surface area contributed by atoms with E-state index in [0.717, 1.165) is 25.0 Å². The van der Waals surface area contributed by atoms with Gasteiger partial charge in [0.15, 0.2) is 23.0 Å². The fraction of sp³-hybridized carbons (Fsp3) is 0.409. The molecule has 7 nitrogen and oxygen atoms in total. The molecule has 8 heteroatoms. The van der Waals surface area contributed by atoms with E-state index >= 15 is 0 Å². The average molecular weight is 437 g/mol. The van der Waals surface area contributed by atoms with Crippen LogP contribution in [0.3, 0.4) is 0 Å². The van der Waals surface area contributed by atoms with Gasteiger partial charge >= 0.3 is 0 Å². The number of carbonyl (C=O) groups excluding carboxylic acids is 1. The van der Waals surface area contributed by atoms with Crippen LogP contribution in [-0.2, 0) is 11.3 Å². The second-order valence-corrected chi connectivity index (χ2v) is 6.98. The Bertz CT molecular complexity index is 855. The number of nitrogens with zero attached hydrogens (tertiary/aromatic N) is 1. The number of methoxy groups -OCH3 is 2. The van der Waals surface area contributed by atoms with Gasteiger partial charge in [0.2, 0.25) is 0 Å². The zero-order chi connectivity index (χ0) is 20.8. The van der Waals surface area contributed by atoms with E-state index in [2.05, 4.69) is 0 Å². The van der Waals surface area contributed by atoms with Crippen LogP contribution < -0.4 is 19.9 Å². The quantitative estimate of drug-likeness (QED) is 0.680. The predicted octanol–water partition coefficient (Wildman–Crippen LogP) is 3.63. The van der Waals surface area contributed by atoms with Crippen molar-refractivity contribution in [3.8, 4) is 23.0 Å². The highest BCUT2D eigenvalue weighted by Gasteiger charge is 2.22. The Balaban J connectivity index is 0.00000320. The molecule has 2 aromatic rings. The van der Waals surface area contributed by atoms with Crippen LogP contribution in [0.5, 0.6) is 23.0 Å². The fourth-order valence-corrected chi connectivity index (χ4v) is 3.32. The van der Waals surface area contributed by atoms with Crippen LogP contribution in [0.4, 0.5) is 0 Å². The van der Waals surface area contributed by atoms with Gasteiger partial charge in [-0.15, -0.1) is 12.4 Å². The van der Waals surface area contributed by atoms with Gasteiger partial charge in [0.25, 0.3) is 5.91 Å². The Morgan fingerprint density at radius 2 is 1.77 bits per heavy atom. The summed E-state index contributed by atoms with van der Waals surface area (Å²) in [6.07, 6.45) is 2.14. The second kappa shape index (κ2) is 11.1. The van der Waals surface area contributed by atoms with Gasteiger partial charge in [-0.2, -0.15) is 0 Å². The van der Waals surface area contributed by atoms with Crippen LogP contribution in [0, 0.1) is 0 Å². The van der Waals surface area contributed by atoms with E-state index in [1.807, 2.05) is 12.1 Å². The lowest BCUT2D eigenvalue weighted by Gasteiger charge is -2.21. The van der Waals surface area contributed by atoms with Gasteiger partial charge in [-0.3, -0.25) is 4.79 Å². The van der Waals surface area contributed by atoms with E-state index in [1.54, 1.807) is 50.4 Å². The van der Waals surface area contributed by atoms with E-state index in [9.17, 15) is 4.79 Å². The number of amides is 1. The summed E-state index contributed by atoms with van der Waals surface area (Å²) >= 11 is 0. The minimum atomic E-state index is -0.0878. The van der Waals surface area contributed by atoms with Crippen LogP contribution in [0.1, 0.15) is 28.8 Å². The number of rotatable bonds is 8. The summed E-state index contributed by atoms with van der Waals surface area (Å²) in [6, 6.07) is 10.6. The molecule has 2 N–H and O–H groups in total. The molecule has 0 spiro atoms. The molecule has 1 amide bonds. The molecule has 0 aromatic heterocycles. The van der Waals surface area contributed by atoms with Gasteiger partial charge in [0.1, 0.15) is 0 Å². The molecule has 1 saturated heterocycles. The van der Waals surface area contributed by atoms with E-state index in [4.69, 9.17) is 24.7 Å². The molecule has 1 aliphatic heterocycles. The molecule has 0 aliphatic carbocycles. The molecule has 0 saturated carbocycles. The van der Waals surface area contributed by atoms with Crippen LogP contribution in [0.15, 0.2) is 36.4 Å². The summed E-state index contributed by atoms with van der Waals surface area (Å²) < 4.78 is 22.5. The van der Waals surface area contributed by atoms with E-state index in [-0.39, 0.29) is 24.4 Å². The van der Waals surface area contributed by atoms with Crippen molar-refractivity contribution in [3.63, 3.8) is 0 Å². The summed E-state index contributed by atoms with van der Waals surface area (Å²) in [5.41, 5.74) is 7.15. The first-order chi connectivity index (χ1) is 14.0. The Morgan fingerprint density at radius 3 is 2.37 bits per heavy atom. The van der Waals surface area contributed by atoms with Gasteiger partial charge in [-0.25, -0.2) is 0 Å². The zero-order valence-corrected chi connectivity index (χ0v) is 18.4. The maximum absolute atomic E-state index is 12.8. The number of likely N-dealkylation sites (N-methyl/N-ethyl adjacent to an activating group) is 1. The topological polar surface area (TPSA) is 83.3 Å². The number of hydrogen-bond acceptors (Lipinski definition) is 6. The van der Waals surface area contributed by atoms with Crippen molar-refractivity contribution in [2.75, 3.05) is 34.4 Å². The van der Waals surface area contributed by atoms with Crippen LogP contribution in [0.25, 0.3) is 0 Å². The van der Waals surface area contributed by atoms with Crippen LogP contribution in [-0.4, -0.2) is 51.3 Å². The summed E-state index contributed by atoms with van der Waals surface area (Å²) in [5.74, 6) is 1.98. The molecule has 1 unspecified atom stereocenters. The van der Waals surface area contributed by atoms with Gasteiger partial charge < -0.3 is 29.6 Å². The minimum Gasteiger partial charge on any atom is -0.493 e. The second-order valence-electron chi connectivity index (χ2n) is 6.98. The number of hydrogen-bond donors (Lipinski definition) is 1. The third-order valence-electron chi connectivity index (χ3n) is 4.94. The lowest BCUT2D eigenvalue weighted by molar-refractivity contribution is 0.0587. The normalized spacial score (nSPS) is 15.3. The lowest BCUT2D eigenvalue weighted by Crippen LogP contribution is -2.34. The maximum atomic E-state index is 12.8. The third-order valence-corrected chi connectivity index (χ3v) is 4.94. The average Bonchev–Trinajstić information content (AvgIpc) is 3.26. The number of ether oxygens (including phenoxy) is 4. The van der Waals surface area contributed by atoms with E-state index < -0.39 is 0 Å². The Kier molecular flexibility index (Phi) is 8.77. The highest BCUT2D eigenvalue weighted by molar-refractivity contribution is 5.94. The van der Waals surface area contributed by atoms with Crippen molar-refractivity contribution in [2.45, 2.75) is 25.5 Å². The standard InChI is InChI=1S/C22H28N2O5.ClH/c1-24(14-17-5-4-10-28-17)22(25)16-7-9-19(21(12-16)27-3)29-18-8-6-15(13-23)11-20(18)26-2;/h6-9,11-12,17H,4-5,10,13-14,23H2,1-3H3;1H. The van der Waals surface area contributed by atoms with Gasteiger partial charge in [0.05, 0.1) is 20.3 Å². The molecule has 1 atom stereocenters. The molecular weight excluding hydrogens is 408 g/mol. The van der Waals surface area contributed by atoms with Crippen molar-refractivity contribution in [1.29, 1.82) is 0 Å². The van der Waals surface area contributed by atoms with Crippen LogP contribution >= 0.6 is 12.4 Å². The largest absolute Gasteiger partial charge is 0.493 e. The smallest absolute Gasteiger partial charge is 0.253 e. The molecule has 3 rings (SSSR count). The summed E-state index contributed by atoms with van der Waals surface area (Å²) in [4.78, 5) is 14.5. The predicted molar refractivity (Wildman–Crippen MR) is 117 cm³/mol. The number of carbonyl (C=O) groups is 1. The first-order valence-electron chi connectivity index (χ1n) is 9.65. The molecule has 30 heavy (non-hydrogen) atoms. The molecule has 164 valence electrons. The van der Waals surface area contributed by atoms with Gasteiger partial charge in [-0.1, -0.05) is 6.07 Å². The SMILES string of the molecule is COc1cc(CN)ccc1Oc1ccc(C(=O)N(C)CC2CCCO2)cc1OC.Cl. The van der Waals surface area contributed by atoms with Crippen molar-refractivity contribution in [2.24, 2.45) is 5.73 Å². The highest BCUT2D eigenvalue weighted by Crippen LogP contribution is 2.37. The molecule has 0 radical (unpaired) electrons. The first kappa shape index (κ1) is 23.8. The highest BCUT2D eigenvalue weighted by atomic mass is 35.5. The van der Waals surface area contributed by atoms with E-state index in [1.165, 1.54) is 0 Å². The molecular formula is C22H29ClN2O5. The molecule has 1 fully saturated rings. The Labute approximate surface area is 183 Å². The molecule has 1 aliphatic rings. The third kappa shape index (κ3) is 5.56. The maximum Gasteiger partial charge on any atom is 0.253 e. The summed E-state index contributed by atoms with van der Waals surface area (Å²) in [5, 5.41) is 0. The number of halogens is 1. The molecule has 1 heterocycles. The number of nitrogens with two attached hydrogens (primary N) is 1. The number of benzene rings is 2. The Hall–Kier alpha value is -2.48. The summed E-state index contributed by atoms with van der Waals surface area (Å²) in [7, 11) is 4.90. The molecule has 2 aromatic carbocycles. The van der Waals surface area contributed by atoms with Crippen molar-refractivity contribution < 1.29 is 23.7 Å².